The molecule has 0 saturated heterocycles. The Morgan fingerprint density at radius 1 is 0.913 bits per heavy atom. The van der Waals surface area contributed by atoms with Gasteiger partial charge in [-0.2, -0.15) is 0 Å². The van der Waals surface area contributed by atoms with Gasteiger partial charge in [0, 0.05) is 41.3 Å². The van der Waals surface area contributed by atoms with E-state index in [1.807, 2.05) is 18.2 Å². The van der Waals surface area contributed by atoms with Crippen LogP contribution in [0, 0.1) is 5.41 Å². The number of anilines is 2. The largest absolute Gasteiger partial charge is 0.398 e. The van der Waals surface area contributed by atoms with Crippen molar-refractivity contribution in [3.05, 3.63) is 23.8 Å². The lowest BCUT2D eigenvalue weighted by molar-refractivity contribution is 0.283. The molecule has 126 valence electrons. The molecule has 2 aliphatic carbocycles. The monoisotopic (exact) mass is 314 g/mol. The van der Waals surface area contributed by atoms with E-state index in [4.69, 9.17) is 11.1 Å². The van der Waals surface area contributed by atoms with Gasteiger partial charge >= 0.3 is 0 Å². The lowest BCUT2D eigenvalue weighted by atomic mass is 9.88. The molecule has 0 aromatic heterocycles. The van der Waals surface area contributed by atoms with Gasteiger partial charge in [0.15, 0.2) is 0 Å². The summed E-state index contributed by atoms with van der Waals surface area (Å²) in [5.74, 6) is 0. The highest BCUT2D eigenvalue weighted by Crippen LogP contribution is 2.26. The van der Waals surface area contributed by atoms with Crippen LogP contribution in [0.5, 0.6) is 0 Å². The zero-order valence-electron chi connectivity index (χ0n) is 14.0. The third-order valence-electron chi connectivity index (χ3n) is 5.42. The topological polar surface area (TPSA) is 73.9 Å². The fourth-order valence-electron chi connectivity index (χ4n) is 4.03. The SMILES string of the molecule is N=Cc1cc(NC2CCC(NC3CCCCC3)CC2)ccc1N. The number of nitrogen functional groups attached to an aromatic ring is 1. The normalized spacial score (nSPS) is 25.9. The molecular weight excluding hydrogens is 284 g/mol. The summed E-state index contributed by atoms with van der Waals surface area (Å²) in [6.07, 6.45) is 13.3. The van der Waals surface area contributed by atoms with Crippen LogP contribution in [0.4, 0.5) is 11.4 Å². The maximum atomic E-state index is 7.41. The van der Waals surface area contributed by atoms with Crippen LogP contribution in [0.2, 0.25) is 0 Å². The van der Waals surface area contributed by atoms with Gasteiger partial charge in [0.2, 0.25) is 0 Å². The molecule has 1 aromatic rings. The lowest BCUT2D eigenvalue weighted by Crippen LogP contribution is -2.43. The molecular formula is C19H30N4. The van der Waals surface area contributed by atoms with Gasteiger partial charge in [-0.3, -0.25) is 0 Å². The van der Waals surface area contributed by atoms with Crippen molar-refractivity contribution in [1.29, 1.82) is 5.41 Å². The molecule has 23 heavy (non-hydrogen) atoms. The summed E-state index contributed by atoms with van der Waals surface area (Å²) in [5, 5.41) is 14.9. The molecule has 4 heteroatoms. The molecule has 0 unspecified atom stereocenters. The Kier molecular flexibility index (Phi) is 5.55. The summed E-state index contributed by atoms with van der Waals surface area (Å²) in [4.78, 5) is 0. The van der Waals surface area contributed by atoms with E-state index in [1.165, 1.54) is 64.0 Å². The van der Waals surface area contributed by atoms with E-state index < -0.39 is 0 Å². The van der Waals surface area contributed by atoms with Crippen molar-refractivity contribution >= 4 is 17.6 Å². The first-order valence-corrected chi connectivity index (χ1v) is 9.17. The standard InChI is InChI=1S/C19H30N4/c20-13-14-12-18(10-11-19(14)21)23-17-8-6-16(7-9-17)22-15-4-2-1-3-5-15/h10-13,15-17,20,22-23H,1-9,21H2. The lowest BCUT2D eigenvalue weighted by Gasteiger charge is -2.34. The van der Waals surface area contributed by atoms with Gasteiger partial charge in [0.05, 0.1) is 0 Å². The van der Waals surface area contributed by atoms with Crippen molar-refractivity contribution in [2.75, 3.05) is 11.1 Å². The number of rotatable bonds is 5. The Hall–Kier alpha value is -1.55. The van der Waals surface area contributed by atoms with E-state index in [9.17, 15) is 0 Å². The Balaban J connectivity index is 1.46. The minimum Gasteiger partial charge on any atom is -0.398 e. The smallest absolute Gasteiger partial charge is 0.0404 e. The molecule has 0 spiro atoms. The van der Waals surface area contributed by atoms with Crippen LogP contribution in [-0.2, 0) is 0 Å². The first-order valence-electron chi connectivity index (χ1n) is 9.17. The average molecular weight is 314 g/mol. The van der Waals surface area contributed by atoms with Crippen molar-refractivity contribution in [2.45, 2.75) is 75.9 Å². The van der Waals surface area contributed by atoms with Gasteiger partial charge in [-0.15, -0.1) is 0 Å². The fraction of sp³-hybridized carbons (Fsp3) is 0.632. The van der Waals surface area contributed by atoms with Crippen LogP contribution in [0.15, 0.2) is 18.2 Å². The summed E-state index contributed by atoms with van der Waals surface area (Å²) in [6, 6.07) is 7.91. The predicted octanol–water partition coefficient (Wildman–Crippen LogP) is 3.91. The third kappa shape index (κ3) is 4.47. The number of hydrogen-bond acceptors (Lipinski definition) is 4. The molecule has 0 aliphatic heterocycles. The first-order chi connectivity index (χ1) is 11.2. The Morgan fingerprint density at radius 3 is 2.26 bits per heavy atom. The van der Waals surface area contributed by atoms with Crippen LogP contribution < -0.4 is 16.4 Å². The van der Waals surface area contributed by atoms with Gasteiger partial charge in [-0.05, 0) is 56.7 Å². The van der Waals surface area contributed by atoms with Crippen LogP contribution >= 0.6 is 0 Å². The number of nitrogens with one attached hydrogen (secondary N) is 3. The average Bonchev–Trinajstić information content (AvgIpc) is 2.59. The highest BCUT2D eigenvalue weighted by molar-refractivity contribution is 5.86. The maximum absolute atomic E-state index is 7.41. The van der Waals surface area contributed by atoms with Gasteiger partial charge in [0.1, 0.15) is 0 Å². The van der Waals surface area contributed by atoms with E-state index in [0.29, 0.717) is 17.8 Å². The van der Waals surface area contributed by atoms with E-state index in [1.54, 1.807) is 0 Å². The molecule has 5 N–H and O–H groups in total. The van der Waals surface area contributed by atoms with E-state index in [2.05, 4.69) is 10.6 Å². The Bertz CT molecular complexity index is 514. The minimum absolute atomic E-state index is 0.543. The van der Waals surface area contributed by atoms with E-state index >= 15 is 0 Å². The molecule has 4 nitrogen and oxygen atoms in total. The molecule has 0 atom stereocenters. The zero-order valence-corrected chi connectivity index (χ0v) is 14.0. The number of hydrogen-bond donors (Lipinski definition) is 4. The van der Waals surface area contributed by atoms with Gasteiger partial charge in [-0.25, -0.2) is 0 Å². The van der Waals surface area contributed by atoms with Gasteiger partial charge in [0.25, 0.3) is 0 Å². The van der Waals surface area contributed by atoms with Crippen molar-refractivity contribution in [2.24, 2.45) is 0 Å². The molecule has 0 amide bonds. The maximum Gasteiger partial charge on any atom is 0.0404 e. The van der Waals surface area contributed by atoms with Crippen LogP contribution in [0.3, 0.4) is 0 Å². The first kappa shape index (κ1) is 16.3. The minimum atomic E-state index is 0.543. The zero-order chi connectivity index (χ0) is 16.1. The fourth-order valence-corrected chi connectivity index (χ4v) is 4.03. The highest BCUT2D eigenvalue weighted by atomic mass is 15.0. The van der Waals surface area contributed by atoms with Crippen LogP contribution in [0.1, 0.15) is 63.4 Å². The van der Waals surface area contributed by atoms with E-state index in [0.717, 1.165) is 17.3 Å². The van der Waals surface area contributed by atoms with Crippen molar-refractivity contribution < 1.29 is 0 Å². The molecule has 2 fully saturated rings. The number of benzene rings is 1. The second-order valence-electron chi connectivity index (χ2n) is 7.18. The molecule has 2 aliphatic rings. The number of nitrogens with two attached hydrogens (primary N) is 1. The van der Waals surface area contributed by atoms with Crippen molar-refractivity contribution in [3.8, 4) is 0 Å². The highest BCUT2D eigenvalue weighted by Gasteiger charge is 2.24. The summed E-state index contributed by atoms with van der Waals surface area (Å²) in [6.45, 7) is 0. The Morgan fingerprint density at radius 2 is 1.57 bits per heavy atom. The second kappa shape index (κ2) is 7.82. The third-order valence-corrected chi connectivity index (χ3v) is 5.42. The summed E-state index contributed by atoms with van der Waals surface area (Å²) < 4.78 is 0. The van der Waals surface area contributed by atoms with Gasteiger partial charge < -0.3 is 21.8 Å². The Labute approximate surface area is 139 Å². The van der Waals surface area contributed by atoms with E-state index in [-0.39, 0.29) is 0 Å². The summed E-state index contributed by atoms with van der Waals surface area (Å²) in [7, 11) is 0. The quantitative estimate of drug-likeness (QED) is 0.492. The second-order valence-corrected chi connectivity index (χ2v) is 7.18. The molecule has 0 radical (unpaired) electrons. The predicted molar refractivity (Wildman–Crippen MR) is 98.4 cm³/mol. The molecule has 0 heterocycles. The van der Waals surface area contributed by atoms with Crippen molar-refractivity contribution in [1.82, 2.24) is 5.32 Å². The molecule has 0 bridgehead atoms. The van der Waals surface area contributed by atoms with Crippen LogP contribution in [-0.4, -0.2) is 24.3 Å². The summed E-state index contributed by atoms with van der Waals surface area (Å²) >= 11 is 0. The molecule has 2 saturated carbocycles. The molecule has 1 aromatic carbocycles. The molecule has 3 rings (SSSR count). The van der Waals surface area contributed by atoms with Crippen LogP contribution in [0.25, 0.3) is 0 Å². The van der Waals surface area contributed by atoms with Gasteiger partial charge in [-0.1, -0.05) is 19.3 Å². The van der Waals surface area contributed by atoms with Crippen molar-refractivity contribution in [3.63, 3.8) is 0 Å². The summed E-state index contributed by atoms with van der Waals surface area (Å²) in [5.41, 5.74) is 8.40.